The molecule has 2 aromatic rings. The molecule has 4 nitrogen and oxygen atoms in total. The van der Waals surface area contributed by atoms with Gasteiger partial charge in [-0.2, -0.15) is 0 Å². The summed E-state index contributed by atoms with van der Waals surface area (Å²) in [5.41, 5.74) is 0.832. The lowest BCUT2D eigenvalue weighted by molar-refractivity contribution is -0.401. The van der Waals surface area contributed by atoms with E-state index in [-0.39, 0.29) is 0 Å². The minimum Gasteiger partial charge on any atom is -0.457 e. The van der Waals surface area contributed by atoms with Gasteiger partial charge in [-0.1, -0.05) is 23.7 Å². The molecule has 0 unspecified atom stereocenters. The third-order valence-corrected chi connectivity index (χ3v) is 2.33. The van der Waals surface area contributed by atoms with E-state index in [1.165, 1.54) is 6.08 Å². The molecule has 0 radical (unpaired) electrons. The van der Waals surface area contributed by atoms with Crippen molar-refractivity contribution >= 4 is 17.7 Å². The number of furan rings is 1. The molecule has 0 spiro atoms. The van der Waals surface area contributed by atoms with E-state index < -0.39 is 4.92 Å². The average Bonchev–Trinajstić information content (AvgIpc) is 2.75. The highest BCUT2D eigenvalue weighted by Crippen LogP contribution is 2.25. The van der Waals surface area contributed by atoms with Gasteiger partial charge in [0.2, 0.25) is 6.20 Å². The Hall–Kier alpha value is -2.07. The summed E-state index contributed by atoms with van der Waals surface area (Å²) in [6, 6.07) is 10.6. The summed E-state index contributed by atoms with van der Waals surface area (Å²) < 4.78 is 5.43. The number of benzene rings is 1. The van der Waals surface area contributed by atoms with Crippen LogP contribution in [0.1, 0.15) is 5.76 Å². The SMILES string of the molecule is O=[N+]([O-])/C=C/c1ccc(-c2cccc(Cl)c2)o1. The van der Waals surface area contributed by atoms with E-state index in [4.69, 9.17) is 16.0 Å². The first-order chi connectivity index (χ1) is 8.15. The van der Waals surface area contributed by atoms with Crippen LogP contribution in [-0.4, -0.2) is 4.92 Å². The third kappa shape index (κ3) is 2.95. The Morgan fingerprint density at radius 1 is 1.29 bits per heavy atom. The summed E-state index contributed by atoms with van der Waals surface area (Å²) in [7, 11) is 0. The molecule has 0 fully saturated rings. The van der Waals surface area contributed by atoms with Crippen molar-refractivity contribution in [2.24, 2.45) is 0 Å². The van der Waals surface area contributed by atoms with E-state index in [1.54, 1.807) is 24.3 Å². The second kappa shape index (κ2) is 4.84. The van der Waals surface area contributed by atoms with Crippen molar-refractivity contribution in [3.8, 4) is 11.3 Å². The Balaban J connectivity index is 2.27. The zero-order valence-electron chi connectivity index (χ0n) is 8.67. The van der Waals surface area contributed by atoms with Crippen molar-refractivity contribution < 1.29 is 9.34 Å². The smallest absolute Gasteiger partial charge is 0.238 e. The molecule has 0 bridgehead atoms. The fraction of sp³-hybridized carbons (Fsp3) is 0. The Bertz CT molecular complexity index is 575. The second-order valence-corrected chi connectivity index (χ2v) is 3.75. The Morgan fingerprint density at radius 3 is 2.82 bits per heavy atom. The summed E-state index contributed by atoms with van der Waals surface area (Å²) >= 11 is 5.86. The molecule has 0 aliphatic rings. The molecule has 5 heteroatoms. The normalized spacial score (nSPS) is 10.9. The first-order valence-electron chi connectivity index (χ1n) is 4.82. The lowest BCUT2D eigenvalue weighted by atomic mass is 10.2. The van der Waals surface area contributed by atoms with E-state index in [0.717, 1.165) is 11.8 Å². The van der Waals surface area contributed by atoms with Crippen LogP contribution in [0.25, 0.3) is 17.4 Å². The van der Waals surface area contributed by atoms with Crippen molar-refractivity contribution in [3.05, 3.63) is 63.5 Å². The monoisotopic (exact) mass is 249 g/mol. The van der Waals surface area contributed by atoms with Crippen LogP contribution in [0.15, 0.2) is 47.0 Å². The minimum atomic E-state index is -0.540. The highest BCUT2D eigenvalue weighted by molar-refractivity contribution is 6.30. The molecule has 2 rings (SSSR count). The van der Waals surface area contributed by atoms with Gasteiger partial charge in [0.1, 0.15) is 11.5 Å². The first kappa shape index (κ1) is 11.4. The molecule has 86 valence electrons. The minimum absolute atomic E-state index is 0.427. The van der Waals surface area contributed by atoms with Crippen LogP contribution in [0.3, 0.4) is 0 Å². The Labute approximate surface area is 102 Å². The van der Waals surface area contributed by atoms with Gasteiger partial charge in [0.15, 0.2) is 0 Å². The van der Waals surface area contributed by atoms with Gasteiger partial charge in [-0.3, -0.25) is 10.1 Å². The second-order valence-electron chi connectivity index (χ2n) is 3.31. The number of nitro groups is 1. The summed E-state index contributed by atoms with van der Waals surface area (Å²) in [6.45, 7) is 0. The van der Waals surface area contributed by atoms with Crippen LogP contribution in [0.2, 0.25) is 5.02 Å². The van der Waals surface area contributed by atoms with E-state index in [0.29, 0.717) is 16.5 Å². The quantitative estimate of drug-likeness (QED) is 0.613. The van der Waals surface area contributed by atoms with Gasteiger partial charge in [-0.15, -0.1) is 0 Å². The van der Waals surface area contributed by atoms with Crippen LogP contribution in [0, 0.1) is 10.1 Å². The van der Waals surface area contributed by atoms with Gasteiger partial charge in [-0.25, -0.2) is 0 Å². The maximum atomic E-state index is 10.2. The lowest BCUT2D eigenvalue weighted by Crippen LogP contribution is -1.80. The number of halogens is 1. The lowest BCUT2D eigenvalue weighted by Gasteiger charge is -1.96. The standard InChI is InChI=1S/C12H8ClNO3/c13-10-3-1-2-9(8-10)12-5-4-11(17-12)6-7-14(15)16/h1-8H/b7-6+. The topological polar surface area (TPSA) is 56.3 Å². The zero-order chi connectivity index (χ0) is 12.3. The van der Waals surface area contributed by atoms with Gasteiger partial charge in [0, 0.05) is 10.6 Å². The van der Waals surface area contributed by atoms with Crippen molar-refractivity contribution in [2.75, 3.05) is 0 Å². The van der Waals surface area contributed by atoms with Crippen LogP contribution in [-0.2, 0) is 0 Å². The molecule has 0 aliphatic carbocycles. The van der Waals surface area contributed by atoms with Crippen LogP contribution >= 0.6 is 11.6 Å². The molecule has 1 aromatic carbocycles. The van der Waals surface area contributed by atoms with E-state index in [1.807, 2.05) is 12.1 Å². The van der Waals surface area contributed by atoms with Crippen molar-refractivity contribution in [3.63, 3.8) is 0 Å². The number of hydrogen-bond acceptors (Lipinski definition) is 3. The number of nitrogens with zero attached hydrogens (tertiary/aromatic N) is 1. The maximum Gasteiger partial charge on any atom is 0.238 e. The molecule has 1 heterocycles. The molecule has 0 aliphatic heterocycles. The molecular weight excluding hydrogens is 242 g/mol. The fourth-order valence-corrected chi connectivity index (χ4v) is 1.56. The average molecular weight is 250 g/mol. The Kier molecular flexibility index (Phi) is 3.25. The largest absolute Gasteiger partial charge is 0.457 e. The highest BCUT2D eigenvalue weighted by atomic mass is 35.5. The van der Waals surface area contributed by atoms with E-state index in [9.17, 15) is 10.1 Å². The molecule has 0 saturated carbocycles. The summed E-state index contributed by atoms with van der Waals surface area (Å²) in [5.74, 6) is 1.05. The Morgan fingerprint density at radius 2 is 2.12 bits per heavy atom. The maximum absolute atomic E-state index is 10.2. The number of rotatable bonds is 3. The van der Waals surface area contributed by atoms with Gasteiger partial charge < -0.3 is 4.42 Å². The summed E-state index contributed by atoms with van der Waals surface area (Å²) in [5, 5.41) is 10.8. The first-order valence-corrected chi connectivity index (χ1v) is 5.20. The molecule has 0 atom stereocenters. The van der Waals surface area contributed by atoms with Gasteiger partial charge in [-0.05, 0) is 24.3 Å². The van der Waals surface area contributed by atoms with Crippen molar-refractivity contribution in [1.82, 2.24) is 0 Å². The zero-order valence-corrected chi connectivity index (χ0v) is 9.42. The van der Waals surface area contributed by atoms with E-state index in [2.05, 4.69) is 0 Å². The van der Waals surface area contributed by atoms with Gasteiger partial charge >= 0.3 is 0 Å². The molecule has 17 heavy (non-hydrogen) atoms. The molecule has 0 saturated heterocycles. The predicted molar refractivity (Wildman–Crippen MR) is 65.2 cm³/mol. The van der Waals surface area contributed by atoms with Crippen LogP contribution in [0.5, 0.6) is 0 Å². The van der Waals surface area contributed by atoms with Crippen LogP contribution in [0.4, 0.5) is 0 Å². The highest BCUT2D eigenvalue weighted by Gasteiger charge is 2.04. The van der Waals surface area contributed by atoms with Crippen molar-refractivity contribution in [2.45, 2.75) is 0 Å². The van der Waals surface area contributed by atoms with Gasteiger partial charge in [0.25, 0.3) is 0 Å². The fourth-order valence-electron chi connectivity index (χ4n) is 1.37. The number of hydrogen-bond donors (Lipinski definition) is 0. The van der Waals surface area contributed by atoms with Crippen molar-refractivity contribution in [1.29, 1.82) is 0 Å². The molecule has 0 amide bonds. The summed E-state index contributed by atoms with van der Waals surface area (Å²) in [4.78, 5) is 9.61. The summed E-state index contributed by atoms with van der Waals surface area (Å²) in [6.07, 6.45) is 2.13. The molecular formula is C12H8ClNO3. The predicted octanol–water partition coefficient (Wildman–Crippen LogP) is 3.85. The molecule has 0 N–H and O–H groups in total. The molecule has 1 aromatic heterocycles. The van der Waals surface area contributed by atoms with E-state index >= 15 is 0 Å². The van der Waals surface area contributed by atoms with Gasteiger partial charge in [0.05, 0.1) is 11.0 Å². The third-order valence-electron chi connectivity index (χ3n) is 2.10. The van der Waals surface area contributed by atoms with Crippen LogP contribution < -0.4 is 0 Å².